The molecule has 2 heterocycles. The van der Waals surface area contributed by atoms with Gasteiger partial charge >= 0.3 is 0 Å². The molecule has 0 saturated heterocycles. The van der Waals surface area contributed by atoms with Crippen LogP contribution in [-0.2, 0) is 11.3 Å². The molecule has 0 bridgehead atoms. The summed E-state index contributed by atoms with van der Waals surface area (Å²) in [6, 6.07) is 13.3. The number of carbonyl (C=O) groups is 1. The molecule has 2 aromatic carbocycles. The topological polar surface area (TPSA) is 64.0 Å². The summed E-state index contributed by atoms with van der Waals surface area (Å²) < 4.78 is 16.1. The molecule has 0 spiro atoms. The van der Waals surface area contributed by atoms with E-state index < -0.39 is 5.82 Å². The van der Waals surface area contributed by atoms with Crippen molar-refractivity contribution in [2.45, 2.75) is 18.6 Å². The van der Waals surface area contributed by atoms with E-state index in [1.165, 1.54) is 22.0 Å². The molecule has 5 nitrogen and oxygen atoms in total. The molecule has 0 fully saturated rings. The third-order valence-electron chi connectivity index (χ3n) is 4.62. The van der Waals surface area contributed by atoms with Crippen LogP contribution >= 0.6 is 34.7 Å². The first-order chi connectivity index (χ1) is 14.9. The Bertz CT molecular complexity index is 1340. The van der Waals surface area contributed by atoms with Crippen molar-refractivity contribution in [3.63, 3.8) is 0 Å². The second kappa shape index (κ2) is 9.21. The van der Waals surface area contributed by atoms with Crippen LogP contribution in [0, 0.1) is 12.7 Å². The van der Waals surface area contributed by atoms with Crippen molar-refractivity contribution in [2.75, 3.05) is 11.1 Å². The first-order valence-electron chi connectivity index (χ1n) is 9.32. The molecular weight excluding hydrogens is 457 g/mol. The van der Waals surface area contributed by atoms with E-state index in [-0.39, 0.29) is 23.8 Å². The lowest BCUT2D eigenvalue weighted by Gasteiger charge is -2.13. The van der Waals surface area contributed by atoms with E-state index >= 15 is 0 Å². The molecule has 0 radical (unpaired) electrons. The number of hydrogen-bond acceptors (Lipinski definition) is 5. The number of carbonyl (C=O) groups excluding carboxylic acids is 1. The Morgan fingerprint density at radius 3 is 2.87 bits per heavy atom. The number of thioether (sulfide) groups is 1. The molecule has 0 aliphatic heterocycles. The lowest BCUT2D eigenvalue weighted by atomic mass is 10.2. The van der Waals surface area contributed by atoms with Crippen LogP contribution in [0.25, 0.3) is 10.2 Å². The molecule has 0 unspecified atom stereocenters. The second-order valence-corrected chi connectivity index (χ2v) is 9.10. The lowest BCUT2D eigenvalue weighted by molar-refractivity contribution is -0.113. The summed E-state index contributed by atoms with van der Waals surface area (Å²) in [5.74, 6) is -0.621. The molecule has 0 aliphatic carbocycles. The number of aromatic nitrogens is 2. The number of amides is 1. The molecule has 4 aromatic rings. The molecule has 9 heteroatoms. The van der Waals surface area contributed by atoms with E-state index in [2.05, 4.69) is 10.3 Å². The van der Waals surface area contributed by atoms with E-state index in [0.29, 0.717) is 31.6 Å². The number of thiophene rings is 1. The van der Waals surface area contributed by atoms with Gasteiger partial charge in [0.1, 0.15) is 10.5 Å². The molecule has 31 heavy (non-hydrogen) atoms. The van der Waals surface area contributed by atoms with Crippen LogP contribution in [0.1, 0.15) is 11.1 Å². The molecule has 4 rings (SSSR count). The van der Waals surface area contributed by atoms with Crippen molar-refractivity contribution in [3.05, 3.63) is 86.2 Å². The Morgan fingerprint density at radius 1 is 1.26 bits per heavy atom. The van der Waals surface area contributed by atoms with Gasteiger partial charge in [-0.3, -0.25) is 14.2 Å². The normalized spacial score (nSPS) is 11.1. The van der Waals surface area contributed by atoms with Crippen molar-refractivity contribution < 1.29 is 9.18 Å². The number of benzene rings is 2. The van der Waals surface area contributed by atoms with Gasteiger partial charge in [-0.2, -0.15) is 0 Å². The summed E-state index contributed by atoms with van der Waals surface area (Å²) in [7, 11) is 0. The fourth-order valence-corrected chi connectivity index (χ4v) is 4.76. The van der Waals surface area contributed by atoms with Crippen molar-refractivity contribution in [2.24, 2.45) is 0 Å². The van der Waals surface area contributed by atoms with E-state index in [4.69, 9.17) is 11.6 Å². The van der Waals surface area contributed by atoms with Gasteiger partial charge in [-0.1, -0.05) is 47.6 Å². The largest absolute Gasteiger partial charge is 0.325 e. The minimum absolute atomic E-state index is 0.0314. The molecule has 0 saturated carbocycles. The third-order valence-corrected chi connectivity index (χ3v) is 6.73. The summed E-state index contributed by atoms with van der Waals surface area (Å²) in [6.45, 7) is 1.90. The van der Waals surface area contributed by atoms with Crippen molar-refractivity contribution >= 4 is 56.5 Å². The van der Waals surface area contributed by atoms with Gasteiger partial charge in [0.05, 0.1) is 17.8 Å². The van der Waals surface area contributed by atoms with Gasteiger partial charge in [-0.05, 0) is 42.1 Å². The minimum Gasteiger partial charge on any atom is -0.325 e. The highest BCUT2D eigenvalue weighted by atomic mass is 35.5. The van der Waals surface area contributed by atoms with Crippen LogP contribution in [0.4, 0.5) is 10.1 Å². The second-order valence-electron chi connectivity index (χ2n) is 6.81. The molecule has 0 atom stereocenters. The molecule has 1 amide bonds. The van der Waals surface area contributed by atoms with E-state index in [1.807, 2.05) is 13.0 Å². The molecule has 158 valence electrons. The van der Waals surface area contributed by atoms with E-state index in [9.17, 15) is 14.0 Å². The highest BCUT2D eigenvalue weighted by Gasteiger charge is 2.16. The van der Waals surface area contributed by atoms with Crippen LogP contribution in [0.15, 0.2) is 63.9 Å². The van der Waals surface area contributed by atoms with Crippen LogP contribution < -0.4 is 10.9 Å². The average molecular weight is 474 g/mol. The summed E-state index contributed by atoms with van der Waals surface area (Å²) in [5.41, 5.74) is 2.20. The number of fused-ring (bicyclic) bond motifs is 1. The summed E-state index contributed by atoms with van der Waals surface area (Å²) in [6.07, 6.45) is 0. The predicted octanol–water partition coefficient (Wildman–Crippen LogP) is 5.34. The maximum atomic E-state index is 14.2. The van der Waals surface area contributed by atoms with Gasteiger partial charge in [0.15, 0.2) is 5.16 Å². The summed E-state index contributed by atoms with van der Waals surface area (Å²) in [5, 5.41) is 5.50. The quantitative estimate of drug-likeness (QED) is 0.303. The number of hydrogen-bond donors (Lipinski definition) is 1. The van der Waals surface area contributed by atoms with Crippen molar-refractivity contribution in [1.29, 1.82) is 0 Å². The first-order valence-corrected chi connectivity index (χ1v) is 11.6. The highest BCUT2D eigenvalue weighted by molar-refractivity contribution is 7.99. The van der Waals surface area contributed by atoms with Gasteiger partial charge in [0.2, 0.25) is 5.91 Å². The maximum absolute atomic E-state index is 14.2. The van der Waals surface area contributed by atoms with Gasteiger partial charge in [0, 0.05) is 16.3 Å². The zero-order valence-corrected chi connectivity index (χ0v) is 18.8. The monoisotopic (exact) mass is 473 g/mol. The number of nitrogens with zero attached hydrogens (tertiary/aromatic N) is 2. The van der Waals surface area contributed by atoms with Crippen LogP contribution in [0.2, 0.25) is 5.02 Å². The fourth-order valence-electron chi connectivity index (χ4n) is 3.02. The number of halogens is 2. The molecule has 0 aliphatic rings. The Labute approximate surface area is 190 Å². The third kappa shape index (κ3) is 4.81. The average Bonchev–Trinajstić information content (AvgIpc) is 3.22. The Kier molecular flexibility index (Phi) is 6.41. The smallest absolute Gasteiger partial charge is 0.272 e. The number of nitrogens with one attached hydrogen (secondary N) is 1. The SMILES string of the molecule is Cc1ccc(Cl)cc1NC(=O)CSc1nc2ccsc2c(=O)n1Cc1ccccc1F. The van der Waals surface area contributed by atoms with E-state index in [0.717, 1.165) is 17.3 Å². The lowest BCUT2D eigenvalue weighted by Crippen LogP contribution is -2.24. The summed E-state index contributed by atoms with van der Waals surface area (Å²) in [4.78, 5) is 30.1. The van der Waals surface area contributed by atoms with E-state index in [1.54, 1.807) is 41.8 Å². The highest BCUT2D eigenvalue weighted by Crippen LogP contribution is 2.24. The standard InChI is InChI=1S/C22H17ClFN3O2S2/c1-13-6-7-15(23)10-18(13)25-19(28)12-31-22-26-17-8-9-30-20(17)21(29)27(22)11-14-4-2-3-5-16(14)24/h2-10H,11-12H2,1H3,(H,25,28). The minimum atomic E-state index is -0.397. The van der Waals surface area contributed by atoms with Gasteiger partial charge in [-0.15, -0.1) is 11.3 Å². The number of anilines is 1. The van der Waals surface area contributed by atoms with Gasteiger partial charge in [-0.25, -0.2) is 9.37 Å². The fraction of sp³-hybridized carbons (Fsp3) is 0.136. The molecular formula is C22H17ClFN3O2S2. The van der Waals surface area contributed by atoms with Crippen molar-refractivity contribution in [1.82, 2.24) is 9.55 Å². The Hall–Kier alpha value is -2.68. The number of aryl methyl sites for hydroxylation is 1. The zero-order valence-electron chi connectivity index (χ0n) is 16.4. The first kappa shape index (κ1) is 21.5. The van der Waals surface area contributed by atoms with Crippen molar-refractivity contribution in [3.8, 4) is 0 Å². The Balaban J connectivity index is 1.60. The van der Waals surface area contributed by atoms with Crippen LogP contribution in [-0.4, -0.2) is 21.2 Å². The molecule has 2 aromatic heterocycles. The summed E-state index contributed by atoms with van der Waals surface area (Å²) >= 11 is 8.43. The van der Waals surface area contributed by atoms with Gasteiger partial charge in [0.25, 0.3) is 5.56 Å². The van der Waals surface area contributed by atoms with Crippen LogP contribution in [0.3, 0.4) is 0 Å². The van der Waals surface area contributed by atoms with Crippen LogP contribution in [0.5, 0.6) is 0 Å². The van der Waals surface area contributed by atoms with Gasteiger partial charge < -0.3 is 5.32 Å². The Morgan fingerprint density at radius 2 is 2.06 bits per heavy atom. The zero-order chi connectivity index (χ0) is 22.0. The number of rotatable bonds is 6. The molecule has 1 N–H and O–H groups in total. The predicted molar refractivity (Wildman–Crippen MR) is 125 cm³/mol. The maximum Gasteiger partial charge on any atom is 0.272 e.